The molecular weight excluding hydrogens is 258 g/mol. The molecule has 4 nitrogen and oxygen atoms in total. The number of amides is 1. The molecule has 0 aliphatic heterocycles. The van der Waals surface area contributed by atoms with Crippen LogP contribution in [0.5, 0.6) is 0 Å². The molecule has 98 valence electrons. The number of hydrogen-bond donors (Lipinski definition) is 2. The van der Waals surface area contributed by atoms with Crippen molar-refractivity contribution in [1.82, 2.24) is 5.43 Å². The van der Waals surface area contributed by atoms with Crippen molar-refractivity contribution in [3.63, 3.8) is 0 Å². The molecule has 2 rings (SSSR count). The summed E-state index contributed by atoms with van der Waals surface area (Å²) >= 11 is 1.57. The van der Waals surface area contributed by atoms with Gasteiger partial charge >= 0.3 is 0 Å². The Hall–Kier alpha value is -2.14. The lowest BCUT2D eigenvalue weighted by molar-refractivity contribution is -0.119. The summed E-state index contributed by atoms with van der Waals surface area (Å²) in [5, 5.41) is 8.90. The van der Waals surface area contributed by atoms with E-state index in [0.29, 0.717) is 0 Å². The van der Waals surface area contributed by atoms with E-state index in [2.05, 4.69) is 15.8 Å². The molecule has 1 aromatic heterocycles. The molecule has 0 aliphatic rings. The number of benzene rings is 1. The molecule has 0 atom stereocenters. The number of hydrazone groups is 1. The summed E-state index contributed by atoms with van der Waals surface area (Å²) in [7, 11) is 0. The lowest BCUT2D eigenvalue weighted by atomic mass is 10.2. The van der Waals surface area contributed by atoms with Crippen molar-refractivity contribution in [2.75, 3.05) is 11.9 Å². The highest BCUT2D eigenvalue weighted by Gasteiger charge is 1.99. The Morgan fingerprint density at radius 2 is 2.26 bits per heavy atom. The predicted octanol–water partition coefficient (Wildman–Crippen LogP) is 2.62. The van der Waals surface area contributed by atoms with E-state index in [0.717, 1.165) is 16.1 Å². The molecule has 0 fully saturated rings. The van der Waals surface area contributed by atoms with Crippen molar-refractivity contribution in [3.8, 4) is 0 Å². The third kappa shape index (κ3) is 4.56. The number of nitrogens with zero attached hydrogens (tertiary/aromatic N) is 1. The van der Waals surface area contributed by atoms with Gasteiger partial charge in [0.15, 0.2) is 0 Å². The monoisotopic (exact) mass is 273 g/mol. The molecule has 2 aromatic rings. The summed E-state index contributed by atoms with van der Waals surface area (Å²) in [5.41, 5.74) is 4.56. The standard InChI is InChI=1S/C14H15N3OS/c1-11-4-2-5-12(8-11)15-10-14(18)17-16-9-13-6-3-7-19-13/h2-9,15H,10H2,1H3,(H,17,18)/b16-9+. The fraction of sp³-hybridized carbons (Fsp3) is 0.143. The number of rotatable bonds is 5. The molecule has 0 radical (unpaired) electrons. The minimum atomic E-state index is -0.172. The average molecular weight is 273 g/mol. The number of carbonyl (C=O) groups excluding carboxylic acids is 1. The van der Waals surface area contributed by atoms with Gasteiger partial charge in [0.25, 0.3) is 5.91 Å². The van der Waals surface area contributed by atoms with Crippen LogP contribution >= 0.6 is 11.3 Å². The lowest BCUT2D eigenvalue weighted by Crippen LogP contribution is -2.25. The minimum absolute atomic E-state index is 0.172. The van der Waals surface area contributed by atoms with Gasteiger partial charge in [0.2, 0.25) is 0 Å². The zero-order valence-corrected chi connectivity index (χ0v) is 11.4. The molecule has 0 unspecified atom stereocenters. The predicted molar refractivity (Wildman–Crippen MR) is 79.7 cm³/mol. The number of nitrogens with one attached hydrogen (secondary N) is 2. The third-order valence-corrected chi connectivity index (χ3v) is 3.20. The molecule has 0 bridgehead atoms. The number of anilines is 1. The van der Waals surface area contributed by atoms with E-state index in [9.17, 15) is 4.79 Å². The normalized spacial score (nSPS) is 10.6. The molecule has 5 heteroatoms. The first-order valence-electron chi connectivity index (χ1n) is 5.90. The van der Waals surface area contributed by atoms with Crippen molar-refractivity contribution in [2.45, 2.75) is 6.92 Å². The fourth-order valence-corrected chi connectivity index (χ4v) is 2.09. The minimum Gasteiger partial charge on any atom is -0.376 e. The summed E-state index contributed by atoms with van der Waals surface area (Å²) in [6, 6.07) is 11.7. The number of carbonyl (C=O) groups is 1. The molecule has 0 spiro atoms. The number of hydrogen-bond acceptors (Lipinski definition) is 4. The van der Waals surface area contributed by atoms with Gasteiger partial charge in [-0.25, -0.2) is 5.43 Å². The van der Waals surface area contributed by atoms with Crippen molar-refractivity contribution in [3.05, 3.63) is 52.2 Å². The van der Waals surface area contributed by atoms with E-state index in [1.165, 1.54) is 0 Å². The second-order valence-electron chi connectivity index (χ2n) is 4.03. The molecular formula is C14H15N3OS. The van der Waals surface area contributed by atoms with Crippen LogP contribution in [0.1, 0.15) is 10.4 Å². The summed E-state index contributed by atoms with van der Waals surface area (Å²) < 4.78 is 0. The van der Waals surface area contributed by atoms with Crippen LogP contribution < -0.4 is 10.7 Å². The Bertz CT molecular complexity index is 564. The molecule has 0 saturated carbocycles. The van der Waals surface area contributed by atoms with Gasteiger partial charge in [-0.05, 0) is 36.1 Å². The van der Waals surface area contributed by atoms with Crippen molar-refractivity contribution >= 4 is 29.1 Å². The van der Waals surface area contributed by atoms with E-state index < -0.39 is 0 Å². The van der Waals surface area contributed by atoms with Gasteiger partial charge in [-0.3, -0.25) is 4.79 Å². The van der Waals surface area contributed by atoms with Crippen molar-refractivity contribution in [1.29, 1.82) is 0 Å². The van der Waals surface area contributed by atoms with Gasteiger partial charge in [-0.1, -0.05) is 18.2 Å². The van der Waals surface area contributed by atoms with E-state index in [4.69, 9.17) is 0 Å². The van der Waals surface area contributed by atoms with Gasteiger partial charge < -0.3 is 5.32 Å². The van der Waals surface area contributed by atoms with Crippen LogP contribution in [-0.4, -0.2) is 18.7 Å². The third-order valence-electron chi connectivity index (χ3n) is 2.40. The first kappa shape index (κ1) is 13.3. The second kappa shape index (κ2) is 6.70. The molecule has 2 N–H and O–H groups in total. The molecule has 0 aliphatic carbocycles. The number of aryl methyl sites for hydroxylation is 1. The van der Waals surface area contributed by atoms with E-state index in [-0.39, 0.29) is 12.5 Å². The highest BCUT2D eigenvalue weighted by molar-refractivity contribution is 7.11. The molecule has 1 amide bonds. The summed E-state index contributed by atoms with van der Waals surface area (Å²) in [6.07, 6.45) is 1.63. The van der Waals surface area contributed by atoms with E-state index >= 15 is 0 Å². The van der Waals surface area contributed by atoms with Crippen LogP contribution in [0.2, 0.25) is 0 Å². The van der Waals surface area contributed by atoms with Crippen LogP contribution in [0, 0.1) is 6.92 Å². The zero-order valence-electron chi connectivity index (χ0n) is 10.6. The highest BCUT2D eigenvalue weighted by Crippen LogP contribution is 2.08. The average Bonchev–Trinajstić information content (AvgIpc) is 2.90. The largest absolute Gasteiger partial charge is 0.376 e. The summed E-state index contributed by atoms with van der Waals surface area (Å²) in [6.45, 7) is 2.21. The highest BCUT2D eigenvalue weighted by atomic mass is 32.1. The Kier molecular flexibility index (Phi) is 4.69. The van der Waals surface area contributed by atoms with Crippen molar-refractivity contribution < 1.29 is 4.79 Å². The lowest BCUT2D eigenvalue weighted by Gasteiger charge is -2.05. The van der Waals surface area contributed by atoms with Gasteiger partial charge in [0.1, 0.15) is 0 Å². The van der Waals surface area contributed by atoms with Crippen LogP contribution in [-0.2, 0) is 4.79 Å². The molecule has 1 aromatic carbocycles. The smallest absolute Gasteiger partial charge is 0.259 e. The zero-order chi connectivity index (χ0) is 13.5. The van der Waals surface area contributed by atoms with Crippen LogP contribution in [0.15, 0.2) is 46.9 Å². The van der Waals surface area contributed by atoms with Gasteiger partial charge in [-0.2, -0.15) is 5.10 Å². The first-order chi connectivity index (χ1) is 9.24. The van der Waals surface area contributed by atoms with E-state index in [1.54, 1.807) is 17.6 Å². The number of thiophene rings is 1. The molecule has 1 heterocycles. The Labute approximate surface area is 116 Å². The maximum atomic E-state index is 11.5. The maximum Gasteiger partial charge on any atom is 0.259 e. The van der Waals surface area contributed by atoms with Crippen LogP contribution in [0.3, 0.4) is 0 Å². The van der Waals surface area contributed by atoms with Crippen LogP contribution in [0.4, 0.5) is 5.69 Å². The van der Waals surface area contributed by atoms with Gasteiger partial charge in [0, 0.05) is 10.6 Å². The Balaban J connectivity index is 1.76. The second-order valence-corrected chi connectivity index (χ2v) is 5.01. The van der Waals surface area contributed by atoms with E-state index in [1.807, 2.05) is 48.7 Å². The Morgan fingerprint density at radius 1 is 1.37 bits per heavy atom. The summed E-state index contributed by atoms with van der Waals surface area (Å²) in [4.78, 5) is 12.6. The quantitative estimate of drug-likeness (QED) is 0.650. The first-order valence-corrected chi connectivity index (χ1v) is 6.78. The SMILES string of the molecule is Cc1cccc(NCC(=O)N/N=C/c2cccs2)c1. The summed E-state index contributed by atoms with van der Waals surface area (Å²) in [5.74, 6) is -0.172. The van der Waals surface area contributed by atoms with Gasteiger partial charge in [0.05, 0.1) is 12.8 Å². The topological polar surface area (TPSA) is 53.5 Å². The van der Waals surface area contributed by atoms with Crippen molar-refractivity contribution in [2.24, 2.45) is 5.10 Å². The van der Waals surface area contributed by atoms with Gasteiger partial charge in [-0.15, -0.1) is 11.3 Å². The Morgan fingerprint density at radius 3 is 3.00 bits per heavy atom. The fourth-order valence-electron chi connectivity index (χ4n) is 1.51. The van der Waals surface area contributed by atoms with Crippen LogP contribution in [0.25, 0.3) is 0 Å². The molecule has 0 saturated heterocycles. The maximum absolute atomic E-state index is 11.5. The molecule has 19 heavy (non-hydrogen) atoms.